The molecule has 0 aromatic carbocycles. The summed E-state index contributed by atoms with van der Waals surface area (Å²) in [5.41, 5.74) is 0.562. The molecule has 2 heterocycles. The lowest BCUT2D eigenvalue weighted by molar-refractivity contribution is 0.0716. The van der Waals surface area contributed by atoms with Crippen LogP contribution in [0.3, 0.4) is 0 Å². The number of hydrogen-bond donors (Lipinski definition) is 1. The largest absolute Gasteiger partial charge is 0.369 e. The quantitative estimate of drug-likeness (QED) is 0.907. The normalized spacial score (nSPS) is 18.3. The Hall–Kier alpha value is -1.33. The first-order valence-electron chi connectivity index (χ1n) is 7.38. The summed E-state index contributed by atoms with van der Waals surface area (Å²) in [7, 11) is 4.06. The number of halogens is 1. The molecular formula is C15H23ClN4O. The van der Waals surface area contributed by atoms with Crippen LogP contribution in [0.2, 0.25) is 5.02 Å². The minimum absolute atomic E-state index is 0.0248. The molecule has 0 aliphatic carbocycles. The van der Waals surface area contributed by atoms with Crippen LogP contribution in [0.4, 0.5) is 5.82 Å². The molecule has 1 fully saturated rings. The van der Waals surface area contributed by atoms with Gasteiger partial charge in [0.05, 0.1) is 10.6 Å². The molecular weight excluding hydrogens is 288 g/mol. The summed E-state index contributed by atoms with van der Waals surface area (Å²) in [5, 5.41) is 3.56. The van der Waals surface area contributed by atoms with E-state index in [0.29, 0.717) is 16.4 Å². The van der Waals surface area contributed by atoms with Crippen LogP contribution in [0, 0.1) is 0 Å². The van der Waals surface area contributed by atoms with Crippen molar-refractivity contribution < 1.29 is 4.79 Å². The van der Waals surface area contributed by atoms with E-state index in [0.717, 1.165) is 32.5 Å². The minimum atomic E-state index is 0.0248. The Kier molecular flexibility index (Phi) is 5.42. The van der Waals surface area contributed by atoms with Gasteiger partial charge in [-0.1, -0.05) is 11.6 Å². The Morgan fingerprint density at radius 2 is 2.33 bits per heavy atom. The van der Waals surface area contributed by atoms with Crippen LogP contribution in [-0.2, 0) is 0 Å². The fourth-order valence-corrected chi connectivity index (χ4v) is 2.97. The van der Waals surface area contributed by atoms with Gasteiger partial charge in [-0.3, -0.25) is 4.79 Å². The second-order valence-electron chi connectivity index (χ2n) is 5.64. The monoisotopic (exact) mass is 310 g/mol. The summed E-state index contributed by atoms with van der Waals surface area (Å²) >= 11 is 6.18. The maximum absolute atomic E-state index is 12.6. The Labute approximate surface area is 131 Å². The number of aromatic nitrogens is 1. The van der Waals surface area contributed by atoms with Crippen LogP contribution >= 0.6 is 11.6 Å². The average Bonchev–Trinajstić information content (AvgIpc) is 2.87. The van der Waals surface area contributed by atoms with E-state index in [2.05, 4.69) is 15.2 Å². The molecule has 0 saturated carbocycles. The number of nitrogens with zero attached hydrogens (tertiary/aromatic N) is 3. The van der Waals surface area contributed by atoms with Crippen molar-refractivity contribution in [2.24, 2.45) is 0 Å². The van der Waals surface area contributed by atoms with E-state index in [-0.39, 0.29) is 11.9 Å². The topological polar surface area (TPSA) is 48.5 Å². The van der Waals surface area contributed by atoms with Gasteiger partial charge in [-0.15, -0.1) is 0 Å². The van der Waals surface area contributed by atoms with Crippen LogP contribution in [0.5, 0.6) is 0 Å². The molecule has 6 heteroatoms. The molecule has 1 atom stereocenters. The number of nitrogens with one attached hydrogen (secondary N) is 1. The number of amides is 1. The Morgan fingerprint density at radius 1 is 1.57 bits per heavy atom. The first kappa shape index (κ1) is 16.0. The number of anilines is 1. The molecule has 1 unspecified atom stereocenters. The van der Waals surface area contributed by atoms with E-state index < -0.39 is 0 Å². The third kappa shape index (κ3) is 3.86. The molecule has 1 aliphatic rings. The lowest BCUT2D eigenvalue weighted by atomic mass is 10.2. The molecule has 116 valence electrons. The predicted molar refractivity (Wildman–Crippen MR) is 86.0 cm³/mol. The van der Waals surface area contributed by atoms with E-state index >= 15 is 0 Å². The first-order chi connectivity index (χ1) is 10.0. The highest BCUT2D eigenvalue weighted by Gasteiger charge is 2.30. The van der Waals surface area contributed by atoms with Gasteiger partial charge in [-0.25, -0.2) is 4.98 Å². The summed E-state index contributed by atoms with van der Waals surface area (Å²) in [4.78, 5) is 21.0. The van der Waals surface area contributed by atoms with E-state index in [9.17, 15) is 4.79 Å². The van der Waals surface area contributed by atoms with E-state index in [1.165, 1.54) is 0 Å². The molecule has 1 saturated heterocycles. The van der Waals surface area contributed by atoms with Crippen LogP contribution in [0.1, 0.15) is 30.1 Å². The Morgan fingerprint density at radius 3 is 2.95 bits per heavy atom. The fraction of sp³-hybridized carbons (Fsp3) is 0.600. The van der Waals surface area contributed by atoms with Crippen molar-refractivity contribution in [3.05, 3.63) is 22.8 Å². The van der Waals surface area contributed by atoms with Gasteiger partial charge in [0.15, 0.2) is 0 Å². The van der Waals surface area contributed by atoms with Crippen LogP contribution < -0.4 is 5.32 Å². The molecule has 0 spiro atoms. The maximum atomic E-state index is 12.6. The lowest BCUT2D eigenvalue weighted by Gasteiger charge is -2.27. The predicted octanol–water partition coefficient (Wildman–Crippen LogP) is 2.33. The molecule has 0 bridgehead atoms. The SMILES string of the molecule is CCNc1ncc(C(=O)N2CCCC2CN(C)C)cc1Cl. The number of carbonyl (C=O) groups excluding carboxylic acids is 1. The molecule has 21 heavy (non-hydrogen) atoms. The summed E-state index contributed by atoms with van der Waals surface area (Å²) in [6.45, 7) is 4.43. The molecule has 1 N–H and O–H groups in total. The fourth-order valence-electron chi connectivity index (χ4n) is 2.73. The molecule has 2 rings (SSSR count). The molecule has 1 aliphatic heterocycles. The second kappa shape index (κ2) is 7.09. The number of hydrogen-bond acceptors (Lipinski definition) is 4. The smallest absolute Gasteiger partial charge is 0.255 e. The summed E-state index contributed by atoms with van der Waals surface area (Å²) < 4.78 is 0. The number of likely N-dealkylation sites (tertiary alicyclic amines) is 1. The van der Waals surface area contributed by atoms with Gasteiger partial charge in [-0.2, -0.15) is 0 Å². The Balaban J connectivity index is 2.13. The summed E-state index contributed by atoms with van der Waals surface area (Å²) in [6.07, 6.45) is 3.72. The average molecular weight is 311 g/mol. The highest BCUT2D eigenvalue weighted by atomic mass is 35.5. The number of rotatable bonds is 5. The summed E-state index contributed by atoms with van der Waals surface area (Å²) in [6, 6.07) is 1.99. The van der Waals surface area contributed by atoms with Crippen molar-refractivity contribution in [2.75, 3.05) is 39.0 Å². The number of carbonyl (C=O) groups is 1. The van der Waals surface area contributed by atoms with E-state index in [1.807, 2.05) is 25.9 Å². The highest BCUT2D eigenvalue weighted by molar-refractivity contribution is 6.33. The molecule has 0 radical (unpaired) electrons. The maximum Gasteiger partial charge on any atom is 0.255 e. The van der Waals surface area contributed by atoms with Crippen molar-refractivity contribution in [1.82, 2.24) is 14.8 Å². The molecule has 5 nitrogen and oxygen atoms in total. The molecule has 1 aromatic heterocycles. The van der Waals surface area contributed by atoms with Gasteiger partial charge >= 0.3 is 0 Å². The zero-order valence-electron chi connectivity index (χ0n) is 12.9. The standard InChI is InChI=1S/C15H23ClN4O/c1-4-17-14-13(16)8-11(9-18-14)15(21)20-7-5-6-12(20)10-19(2)3/h8-9,12H,4-7,10H2,1-3H3,(H,17,18). The van der Waals surface area contributed by atoms with E-state index in [4.69, 9.17) is 11.6 Å². The van der Waals surface area contributed by atoms with Gasteiger partial charge in [-0.05, 0) is 39.9 Å². The highest BCUT2D eigenvalue weighted by Crippen LogP contribution is 2.24. The number of pyridine rings is 1. The number of likely N-dealkylation sites (N-methyl/N-ethyl adjacent to an activating group) is 1. The van der Waals surface area contributed by atoms with Crippen molar-refractivity contribution in [1.29, 1.82) is 0 Å². The van der Waals surface area contributed by atoms with Crippen molar-refractivity contribution >= 4 is 23.3 Å². The summed E-state index contributed by atoms with van der Waals surface area (Å²) in [5.74, 6) is 0.652. The van der Waals surface area contributed by atoms with Gasteiger partial charge in [0.2, 0.25) is 0 Å². The van der Waals surface area contributed by atoms with Crippen LogP contribution in [0.15, 0.2) is 12.3 Å². The lowest BCUT2D eigenvalue weighted by Crippen LogP contribution is -2.41. The Bertz CT molecular complexity index is 506. The third-order valence-corrected chi connectivity index (χ3v) is 3.93. The molecule has 1 aromatic rings. The van der Waals surface area contributed by atoms with Gasteiger partial charge < -0.3 is 15.1 Å². The first-order valence-corrected chi connectivity index (χ1v) is 7.75. The van der Waals surface area contributed by atoms with Crippen molar-refractivity contribution in [3.63, 3.8) is 0 Å². The van der Waals surface area contributed by atoms with Crippen LogP contribution in [0.25, 0.3) is 0 Å². The second-order valence-corrected chi connectivity index (χ2v) is 6.05. The zero-order chi connectivity index (χ0) is 15.4. The van der Waals surface area contributed by atoms with Crippen molar-refractivity contribution in [2.45, 2.75) is 25.8 Å². The minimum Gasteiger partial charge on any atom is -0.369 e. The van der Waals surface area contributed by atoms with Crippen molar-refractivity contribution in [3.8, 4) is 0 Å². The van der Waals surface area contributed by atoms with Gasteiger partial charge in [0.1, 0.15) is 5.82 Å². The zero-order valence-corrected chi connectivity index (χ0v) is 13.7. The third-order valence-electron chi connectivity index (χ3n) is 3.65. The van der Waals surface area contributed by atoms with E-state index in [1.54, 1.807) is 12.3 Å². The van der Waals surface area contributed by atoms with Gasteiger partial charge in [0.25, 0.3) is 5.91 Å². The molecule has 1 amide bonds. The van der Waals surface area contributed by atoms with Gasteiger partial charge in [0, 0.05) is 31.9 Å². The van der Waals surface area contributed by atoms with Crippen LogP contribution in [-0.4, -0.2) is 60.5 Å².